The molecule has 0 aromatic heterocycles. The first-order chi connectivity index (χ1) is 13.2. The summed E-state index contributed by atoms with van der Waals surface area (Å²) >= 11 is 0. The van der Waals surface area contributed by atoms with Gasteiger partial charge in [0.1, 0.15) is 36.6 Å². The Labute approximate surface area is 166 Å². The largest absolute Gasteiger partial charge is 0.475 e. The summed E-state index contributed by atoms with van der Waals surface area (Å²) in [5.41, 5.74) is 0. The third-order valence-electron chi connectivity index (χ3n) is 3.55. The Bertz CT molecular complexity index is 528. The van der Waals surface area contributed by atoms with Gasteiger partial charge in [0, 0.05) is 0 Å². The lowest BCUT2D eigenvalue weighted by atomic mass is 10.1. The molecule has 0 rings (SSSR count). The highest BCUT2D eigenvalue weighted by Crippen LogP contribution is 2.50. The van der Waals surface area contributed by atoms with Crippen LogP contribution in [0.2, 0.25) is 0 Å². The van der Waals surface area contributed by atoms with Crippen LogP contribution in [0.3, 0.4) is 0 Å². The second-order valence-electron chi connectivity index (χ2n) is 6.20. The van der Waals surface area contributed by atoms with E-state index in [0.717, 1.165) is 20.8 Å². The highest BCUT2D eigenvalue weighted by atomic mass is 31.2. The lowest BCUT2D eigenvalue weighted by Crippen LogP contribution is -2.38. The first-order valence-corrected chi connectivity index (χ1v) is 9.81. The van der Waals surface area contributed by atoms with Gasteiger partial charge >= 0.3 is 7.82 Å². The lowest BCUT2D eigenvalue weighted by molar-refractivity contribution is -0.133. The van der Waals surface area contributed by atoms with Crippen LogP contribution in [0.4, 0.5) is 0 Å². The zero-order valence-electron chi connectivity index (χ0n) is 16.1. The summed E-state index contributed by atoms with van der Waals surface area (Å²) in [5, 5.41) is 57.2. The summed E-state index contributed by atoms with van der Waals surface area (Å²) in [7, 11) is -4.74. The molecule has 29 heavy (non-hydrogen) atoms. The monoisotopic (exact) mass is 446 g/mol. The fourth-order valence-corrected chi connectivity index (χ4v) is 2.93. The molecule has 0 aromatic rings. The van der Waals surface area contributed by atoms with Gasteiger partial charge in [0.15, 0.2) is 17.3 Å². The molecular weight excluding hydrogens is 419 g/mol. The van der Waals surface area contributed by atoms with Gasteiger partial charge in [-0.2, -0.15) is 0 Å². The number of phosphoric acid groups is 1. The molecule has 0 bridgehead atoms. The Hall–Kier alpha value is -1.12. The van der Waals surface area contributed by atoms with E-state index in [1.54, 1.807) is 0 Å². The lowest BCUT2D eigenvalue weighted by Gasteiger charge is -2.24. The van der Waals surface area contributed by atoms with Crippen LogP contribution >= 0.6 is 7.82 Å². The summed E-state index contributed by atoms with van der Waals surface area (Å²) < 4.78 is 26.8. The minimum Gasteiger partial charge on any atom is -0.388 e. The molecule has 6 N–H and O–H groups in total. The number of phosphoric ester groups is 1. The second kappa shape index (κ2) is 12.5. The minimum absolute atomic E-state index is 0.822. The van der Waals surface area contributed by atoms with Crippen LogP contribution in [0.1, 0.15) is 20.8 Å². The molecule has 0 spiro atoms. The molecule has 0 heterocycles. The number of carbonyl (C=O) groups excluding carboxylic acids is 3. The van der Waals surface area contributed by atoms with E-state index >= 15 is 0 Å². The van der Waals surface area contributed by atoms with E-state index in [1.165, 1.54) is 0 Å². The maximum Gasteiger partial charge on any atom is 0.475 e. The molecule has 170 valence electrons. The van der Waals surface area contributed by atoms with E-state index in [4.69, 9.17) is 13.6 Å². The second-order valence-corrected chi connectivity index (χ2v) is 7.87. The molecule has 6 atom stereocenters. The van der Waals surface area contributed by atoms with E-state index in [0.29, 0.717) is 0 Å². The first kappa shape index (κ1) is 27.9. The molecule has 14 heteroatoms. The van der Waals surface area contributed by atoms with Gasteiger partial charge in [-0.05, 0) is 20.8 Å². The fourth-order valence-electron chi connectivity index (χ4n) is 1.70. The maximum absolute atomic E-state index is 12.6. The van der Waals surface area contributed by atoms with Crippen molar-refractivity contribution < 1.29 is 63.2 Å². The van der Waals surface area contributed by atoms with Gasteiger partial charge in [-0.3, -0.25) is 28.0 Å². The van der Waals surface area contributed by atoms with Crippen LogP contribution in [0.25, 0.3) is 0 Å². The Kier molecular flexibility index (Phi) is 12.1. The fraction of sp³-hybridized carbons (Fsp3) is 0.800. The number of rotatable bonds is 15. The number of hydrogen-bond donors (Lipinski definition) is 6. The van der Waals surface area contributed by atoms with E-state index in [1.807, 2.05) is 0 Å². The maximum atomic E-state index is 12.6. The number of ketones is 3. The van der Waals surface area contributed by atoms with Crippen molar-refractivity contribution in [2.45, 2.75) is 57.4 Å². The molecule has 0 saturated carbocycles. The number of aliphatic hydroxyl groups excluding tert-OH is 6. The molecular formula is C15H27O13P. The third-order valence-corrected chi connectivity index (χ3v) is 4.95. The molecule has 0 fully saturated rings. The van der Waals surface area contributed by atoms with Gasteiger partial charge in [0.2, 0.25) is 0 Å². The van der Waals surface area contributed by atoms with Crippen molar-refractivity contribution in [2.24, 2.45) is 0 Å². The Morgan fingerprint density at radius 2 is 0.828 bits per heavy atom. The predicted molar refractivity (Wildman–Crippen MR) is 93.5 cm³/mol. The minimum atomic E-state index is -4.74. The average Bonchev–Trinajstić information content (AvgIpc) is 2.66. The Balaban J connectivity index is 5.15. The average molecular weight is 446 g/mol. The van der Waals surface area contributed by atoms with Crippen LogP contribution in [-0.4, -0.2) is 104 Å². The Morgan fingerprint density at radius 1 is 0.621 bits per heavy atom. The number of Topliss-reactive ketones (excluding diaryl/α,β-unsaturated/α-hetero) is 3. The summed E-state index contributed by atoms with van der Waals surface area (Å²) in [6.07, 6.45) is -11.1. The van der Waals surface area contributed by atoms with Gasteiger partial charge in [-0.1, -0.05) is 0 Å². The standard InChI is InChI=1S/C15H27O13P/c1-7(16)13(22)10(19)4-26-29(25,27-5-11(20)14(23)8(2)17)28-6-12(21)15(24)9(3)18/h10-15,19-24H,4-6H2,1-3H3/t10-,11-,12-,13-,14-,15-/m1/s1. The molecule has 0 aliphatic rings. The van der Waals surface area contributed by atoms with Crippen molar-refractivity contribution in [3.05, 3.63) is 0 Å². The summed E-state index contributed by atoms with van der Waals surface area (Å²) in [6.45, 7) is 0.0661. The Morgan fingerprint density at radius 3 is 1.00 bits per heavy atom. The SMILES string of the molecule is CC(=O)[C@@H](O)[C@H](O)COP(=O)(OC[C@@H](O)[C@H](O)C(C)=O)OC[C@@H](O)[C@H](O)C(C)=O. The van der Waals surface area contributed by atoms with Crippen molar-refractivity contribution >= 4 is 25.2 Å². The molecule has 0 unspecified atom stereocenters. The predicted octanol–water partition coefficient (Wildman–Crippen LogP) is -2.92. The van der Waals surface area contributed by atoms with Crippen LogP contribution in [0.15, 0.2) is 0 Å². The van der Waals surface area contributed by atoms with Crippen molar-refractivity contribution in [2.75, 3.05) is 19.8 Å². The highest BCUT2D eigenvalue weighted by Gasteiger charge is 2.35. The number of aliphatic hydroxyl groups is 6. The number of carbonyl (C=O) groups is 3. The van der Waals surface area contributed by atoms with Crippen LogP contribution < -0.4 is 0 Å². The first-order valence-electron chi connectivity index (χ1n) is 8.35. The van der Waals surface area contributed by atoms with E-state index in [9.17, 15) is 49.6 Å². The molecule has 0 amide bonds. The molecule has 0 aliphatic carbocycles. The molecule has 0 aliphatic heterocycles. The van der Waals surface area contributed by atoms with E-state index in [-0.39, 0.29) is 0 Å². The molecule has 0 saturated heterocycles. The number of hydrogen-bond acceptors (Lipinski definition) is 13. The topological polar surface area (TPSA) is 217 Å². The van der Waals surface area contributed by atoms with Gasteiger partial charge in [-0.15, -0.1) is 0 Å². The van der Waals surface area contributed by atoms with Crippen LogP contribution in [0.5, 0.6) is 0 Å². The van der Waals surface area contributed by atoms with Crippen molar-refractivity contribution in [3.8, 4) is 0 Å². The van der Waals surface area contributed by atoms with Crippen molar-refractivity contribution in [1.29, 1.82) is 0 Å². The van der Waals surface area contributed by atoms with Gasteiger partial charge in [-0.25, -0.2) is 4.57 Å². The molecule has 0 aromatic carbocycles. The molecule has 0 radical (unpaired) electrons. The quantitative estimate of drug-likeness (QED) is 0.139. The zero-order valence-corrected chi connectivity index (χ0v) is 17.0. The normalized spacial score (nSPS) is 18.4. The van der Waals surface area contributed by atoms with Gasteiger partial charge < -0.3 is 30.6 Å². The summed E-state index contributed by atoms with van der Waals surface area (Å²) in [6, 6.07) is 0. The third kappa shape index (κ3) is 9.96. The molecule has 13 nitrogen and oxygen atoms in total. The van der Waals surface area contributed by atoms with Crippen LogP contribution in [0, 0.1) is 0 Å². The van der Waals surface area contributed by atoms with E-state index < -0.39 is 81.6 Å². The smallest absolute Gasteiger partial charge is 0.388 e. The zero-order chi connectivity index (χ0) is 22.9. The highest BCUT2D eigenvalue weighted by molar-refractivity contribution is 7.48. The van der Waals surface area contributed by atoms with Gasteiger partial charge in [0.25, 0.3) is 0 Å². The summed E-state index contributed by atoms with van der Waals surface area (Å²) in [5.74, 6) is -2.46. The van der Waals surface area contributed by atoms with Crippen molar-refractivity contribution in [3.63, 3.8) is 0 Å². The van der Waals surface area contributed by atoms with Crippen LogP contribution in [-0.2, 0) is 32.5 Å². The summed E-state index contributed by atoms with van der Waals surface area (Å²) in [4.78, 5) is 33.1. The van der Waals surface area contributed by atoms with E-state index in [2.05, 4.69) is 0 Å². The van der Waals surface area contributed by atoms with Gasteiger partial charge in [0.05, 0.1) is 19.8 Å². The van der Waals surface area contributed by atoms with Crippen molar-refractivity contribution in [1.82, 2.24) is 0 Å².